The zero-order valence-corrected chi connectivity index (χ0v) is 11.5. The first-order valence-corrected chi connectivity index (χ1v) is 7.15. The lowest BCUT2D eigenvalue weighted by atomic mass is 10.2. The maximum absolute atomic E-state index is 5.90. The minimum Gasteiger partial charge on any atom is -0.333 e. The van der Waals surface area contributed by atoms with Crippen molar-refractivity contribution in [3.63, 3.8) is 0 Å². The average Bonchev–Trinajstić information content (AvgIpc) is 3.04. The van der Waals surface area contributed by atoms with Gasteiger partial charge in [0.25, 0.3) is 5.89 Å². The second kappa shape index (κ2) is 5.11. The molecule has 4 nitrogen and oxygen atoms in total. The van der Waals surface area contributed by atoms with Gasteiger partial charge in [0.05, 0.1) is 4.88 Å². The molecule has 19 heavy (non-hydrogen) atoms. The van der Waals surface area contributed by atoms with E-state index in [1.165, 1.54) is 10.1 Å². The van der Waals surface area contributed by atoms with Gasteiger partial charge in [-0.3, -0.25) is 0 Å². The average molecular weight is 273 g/mol. The Bertz CT molecular complexity index is 656. The smallest absolute Gasteiger partial charge is 0.268 e. The topological polar surface area (TPSA) is 64.9 Å². The molecule has 0 bridgehead atoms. The van der Waals surface area contributed by atoms with Crippen LogP contribution in [0.3, 0.4) is 0 Å². The van der Waals surface area contributed by atoms with Gasteiger partial charge in [-0.15, -0.1) is 11.3 Å². The van der Waals surface area contributed by atoms with E-state index in [9.17, 15) is 0 Å². The number of hydrogen-bond acceptors (Lipinski definition) is 5. The van der Waals surface area contributed by atoms with Crippen LogP contribution in [0.1, 0.15) is 19.2 Å². The SMILES string of the molecule is CCC(N)Cc1noc(-c2cc3ccccc3s2)n1. The summed E-state index contributed by atoms with van der Waals surface area (Å²) in [6, 6.07) is 10.4. The molecule has 3 aromatic rings. The number of benzene rings is 1. The lowest BCUT2D eigenvalue weighted by Crippen LogP contribution is -2.21. The molecule has 98 valence electrons. The summed E-state index contributed by atoms with van der Waals surface area (Å²) in [5, 5.41) is 5.19. The Labute approximate surface area is 115 Å². The lowest BCUT2D eigenvalue weighted by molar-refractivity contribution is 0.420. The molecule has 0 spiro atoms. The first-order chi connectivity index (χ1) is 9.26. The summed E-state index contributed by atoms with van der Waals surface area (Å²) in [6.45, 7) is 2.05. The van der Waals surface area contributed by atoms with Crippen molar-refractivity contribution in [3.05, 3.63) is 36.2 Å². The third-order valence-corrected chi connectivity index (χ3v) is 4.18. The first-order valence-electron chi connectivity index (χ1n) is 6.33. The van der Waals surface area contributed by atoms with E-state index in [-0.39, 0.29) is 6.04 Å². The minimum absolute atomic E-state index is 0.0906. The van der Waals surface area contributed by atoms with E-state index in [2.05, 4.69) is 35.3 Å². The van der Waals surface area contributed by atoms with Crippen LogP contribution >= 0.6 is 11.3 Å². The van der Waals surface area contributed by atoms with Crippen molar-refractivity contribution in [2.45, 2.75) is 25.8 Å². The summed E-state index contributed by atoms with van der Waals surface area (Å²) < 4.78 is 6.54. The number of nitrogens with zero attached hydrogens (tertiary/aromatic N) is 2. The molecular formula is C14H15N3OS. The third kappa shape index (κ3) is 2.52. The molecule has 0 aliphatic carbocycles. The quantitative estimate of drug-likeness (QED) is 0.792. The predicted octanol–water partition coefficient (Wildman–Crippen LogP) is 3.23. The molecule has 5 heteroatoms. The molecule has 0 aliphatic heterocycles. The van der Waals surface area contributed by atoms with E-state index >= 15 is 0 Å². The van der Waals surface area contributed by atoms with Crippen molar-refractivity contribution in [1.29, 1.82) is 0 Å². The number of nitrogens with two attached hydrogens (primary N) is 1. The van der Waals surface area contributed by atoms with Crippen LogP contribution in [0.4, 0.5) is 0 Å². The van der Waals surface area contributed by atoms with Crippen LogP contribution in [0.2, 0.25) is 0 Å². The number of hydrogen-bond donors (Lipinski definition) is 1. The number of thiophene rings is 1. The molecule has 1 aromatic carbocycles. The highest BCUT2D eigenvalue weighted by atomic mass is 32.1. The fraction of sp³-hybridized carbons (Fsp3) is 0.286. The molecule has 0 saturated carbocycles. The highest BCUT2D eigenvalue weighted by Crippen LogP contribution is 2.32. The largest absolute Gasteiger partial charge is 0.333 e. The standard InChI is InChI=1S/C14H15N3OS/c1-2-10(15)8-13-16-14(18-17-13)12-7-9-5-3-4-6-11(9)19-12/h3-7,10H,2,8,15H2,1H3. The van der Waals surface area contributed by atoms with Crippen molar-refractivity contribution in [2.24, 2.45) is 5.73 Å². The van der Waals surface area contributed by atoms with Crippen molar-refractivity contribution in [1.82, 2.24) is 10.1 Å². The highest BCUT2D eigenvalue weighted by Gasteiger charge is 2.13. The Hall–Kier alpha value is -1.72. The van der Waals surface area contributed by atoms with Gasteiger partial charge in [0.15, 0.2) is 5.82 Å². The molecule has 3 rings (SSSR count). The molecular weight excluding hydrogens is 258 g/mol. The van der Waals surface area contributed by atoms with E-state index in [4.69, 9.17) is 10.3 Å². The monoisotopic (exact) mass is 273 g/mol. The second-order valence-corrected chi connectivity index (χ2v) is 5.62. The van der Waals surface area contributed by atoms with Gasteiger partial charge in [-0.1, -0.05) is 30.3 Å². The molecule has 2 N–H and O–H groups in total. The van der Waals surface area contributed by atoms with E-state index in [1.807, 2.05) is 12.1 Å². The van der Waals surface area contributed by atoms with Gasteiger partial charge in [-0.05, 0) is 23.9 Å². The molecule has 2 heterocycles. The fourth-order valence-electron chi connectivity index (χ4n) is 1.90. The minimum atomic E-state index is 0.0906. The maximum atomic E-state index is 5.90. The van der Waals surface area contributed by atoms with Crippen LogP contribution in [0.25, 0.3) is 20.9 Å². The molecule has 0 radical (unpaired) electrons. The highest BCUT2D eigenvalue weighted by molar-refractivity contribution is 7.22. The summed E-state index contributed by atoms with van der Waals surface area (Å²) in [6.07, 6.45) is 1.57. The molecule has 2 aromatic heterocycles. The van der Waals surface area contributed by atoms with Crippen LogP contribution in [-0.2, 0) is 6.42 Å². The van der Waals surface area contributed by atoms with Crippen LogP contribution in [0.5, 0.6) is 0 Å². The van der Waals surface area contributed by atoms with Gasteiger partial charge in [-0.25, -0.2) is 0 Å². The van der Waals surface area contributed by atoms with Gasteiger partial charge >= 0.3 is 0 Å². The van der Waals surface area contributed by atoms with Gasteiger partial charge in [-0.2, -0.15) is 4.98 Å². The summed E-state index contributed by atoms with van der Waals surface area (Å²) >= 11 is 1.66. The Kier molecular flexibility index (Phi) is 3.31. The first kappa shape index (κ1) is 12.3. The van der Waals surface area contributed by atoms with E-state index in [0.717, 1.165) is 11.3 Å². The molecule has 0 saturated heterocycles. The van der Waals surface area contributed by atoms with Crippen molar-refractivity contribution in [2.75, 3.05) is 0 Å². The fourth-order valence-corrected chi connectivity index (χ4v) is 2.89. The summed E-state index contributed by atoms with van der Waals surface area (Å²) in [4.78, 5) is 5.42. The summed E-state index contributed by atoms with van der Waals surface area (Å²) in [7, 11) is 0. The Morgan fingerprint density at radius 2 is 2.21 bits per heavy atom. The molecule has 0 fully saturated rings. The summed E-state index contributed by atoms with van der Waals surface area (Å²) in [5.41, 5.74) is 5.90. The van der Waals surface area contributed by atoms with Gasteiger partial charge in [0.1, 0.15) is 0 Å². The maximum Gasteiger partial charge on any atom is 0.268 e. The van der Waals surface area contributed by atoms with Crippen LogP contribution in [0, 0.1) is 0 Å². The van der Waals surface area contributed by atoms with Gasteiger partial charge in [0.2, 0.25) is 0 Å². The van der Waals surface area contributed by atoms with Crippen LogP contribution in [-0.4, -0.2) is 16.2 Å². The second-order valence-electron chi connectivity index (χ2n) is 4.54. The molecule has 0 amide bonds. The van der Waals surface area contributed by atoms with Crippen molar-refractivity contribution in [3.8, 4) is 10.8 Å². The molecule has 1 unspecified atom stereocenters. The molecule has 0 aliphatic rings. The van der Waals surface area contributed by atoms with Crippen molar-refractivity contribution >= 4 is 21.4 Å². The third-order valence-electron chi connectivity index (χ3n) is 3.07. The lowest BCUT2D eigenvalue weighted by Gasteiger charge is -2.02. The number of rotatable bonds is 4. The zero-order valence-electron chi connectivity index (χ0n) is 10.7. The van der Waals surface area contributed by atoms with E-state index in [1.54, 1.807) is 11.3 Å². The molecule has 1 atom stereocenters. The van der Waals surface area contributed by atoms with Crippen LogP contribution < -0.4 is 5.73 Å². The van der Waals surface area contributed by atoms with Gasteiger partial charge in [0, 0.05) is 17.2 Å². The normalized spacial score (nSPS) is 12.9. The summed E-state index contributed by atoms with van der Waals surface area (Å²) in [5.74, 6) is 1.27. The Morgan fingerprint density at radius 3 is 3.00 bits per heavy atom. The van der Waals surface area contributed by atoms with E-state index in [0.29, 0.717) is 18.1 Å². The van der Waals surface area contributed by atoms with Gasteiger partial charge < -0.3 is 10.3 Å². The van der Waals surface area contributed by atoms with E-state index < -0.39 is 0 Å². The zero-order chi connectivity index (χ0) is 13.2. The van der Waals surface area contributed by atoms with Crippen LogP contribution in [0.15, 0.2) is 34.9 Å². The van der Waals surface area contributed by atoms with Crippen molar-refractivity contribution < 1.29 is 4.52 Å². The Balaban J connectivity index is 1.89. The number of fused-ring (bicyclic) bond motifs is 1. The predicted molar refractivity (Wildman–Crippen MR) is 77.1 cm³/mol. The number of aromatic nitrogens is 2. The Morgan fingerprint density at radius 1 is 1.37 bits per heavy atom.